The Morgan fingerprint density at radius 2 is 1.83 bits per heavy atom. The van der Waals surface area contributed by atoms with E-state index in [2.05, 4.69) is 5.32 Å². The summed E-state index contributed by atoms with van der Waals surface area (Å²) in [5.41, 5.74) is 1.18. The number of halogens is 1. The molecular weight excluding hydrogens is 465 g/mol. The average Bonchev–Trinajstić information content (AvgIpc) is 2.87. The highest BCUT2D eigenvalue weighted by molar-refractivity contribution is 5.99. The maximum Gasteiger partial charge on any atom is 0.257 e. The SMILES string of the molecule is CCC(=O)Nc1ccc2c(c1)C(=O)N(C)C[C@H](OC)[C@H](C)CN(C(=O)c1ccc(F)cc1)[C@@H](C)CO2. The van der Waals surface area contributed by atoms with E-state index in [-0.39, 0.29) is 48.9 Å². The van der Waals surface area contributed by atoms with Crippen molar-refractivity contribution in [3.05, 3.63) is 59.4 Å². The van der Waals surface area contributed by atoms with Crippen molar-refractivity contribution in [3.8, 4) is 5.75 Å². The van der Waals surface area contributed by atoms with Crippen LogP contribution in [0, 0.1) is 11.7 Å². The largest absolute Gasteiger partial charge is 0.491 e. The zero-order valence-electron chi connectivity index (χ0n) is 21.4. The molecule has 0 spiro atoms. The average molecular weight is 500 g/mol. The highest BCUT2D eigenvalue weighted by Crippen LogP contribution is 2.27. The van der Waals surface area contributed by atoms with Crippen molar-refractivity contribution in [3.63, 3.8) is 0 Å². The van der Waals surface area contributed by atoms with Crippen molar-refractivity contribution in [2.24, 2.45) is 5.92 Å². The molecule has 2 aromatic rings. The molecule has 0 saturated carbocycles. The first kappa shape index (κ1) is 27.1. The Balaban J connectivity index is 1.98. The minimum atomic E-state index is -0.414. The topological polar surface area (TPSA) is 88.2 Å². The molecular formula is C27H34FN3O5. The van der Waals surface area contributed by atoms with Crippen molar-refractivity contribution >= 4 is 23.4 Å². The van der Waals surface area contributed by atoms with Crippen LogP contribution in [-0.4, -0.2) is 73.5 Å². The molecule has 0 fully saturated rings. The lowest BCUT2D eigenvalue weighted by Crippen LogP contribution is -2.48. The van der Waals surface area contributed by atoms with Crippen LogP contribution in [0.1, 0.15) is 47.9 Å². The Morgan fingerprint density at radius 1 is 1.14 bits per heavy atom. The van der Waals surface area contributed by atoms with Gasteiger partial charge in [0.1, 0.15) is 18.2 Å². The first-order valence-corrected chi connectivity index (χ1v) is 12.1. The number of carbonyl (C=O) groups is 3. The van der Waals surface area contributed by atoms with E-state index in [1.54, 1.807) is 49.1 Å². The van der Waals surface area contributed by atoms with Gasteiger partial charge in [-0.15, -0.1) is 0 Å². The fourth-order valence-corrected chi connectivity index (χ4v) is 4.14. The second-order valence-corrected chi connectivity index (χ2v) is 9.17. The Labute approximate surface area is 211 Å². The molecule has 1 aliphatic rings. The standard InChI is InChI=1S/C27H34FN3O5/c1-6-25(32)29-21-11-12-23-22(13-21)27(34)30(4)15-24(35-5)17(2)14-31(18(3)16-36-23)26(33)19-7-9-20(28)10-8-19/h7-13,17-18,24H,6,14-16H2,1-5H3,(H,29,32)/t17-,18+,24+/m1/s1. The molecule has 8 nitrogen and oxygen atoms in total. The zero-order chi connectivity index (χ0) is 26.4. The fraction of sp³-hybridized carbons (Fsp3) is 0.444. The minimum Gasteiger partial charge on any atom is -0.491 e. The number of carbonyl (C=O) groups excluding carboxylic acids is 3. The Kier molecular flexibility index (Phi) is 9.03. The Hall–Kier alpha value is -3.46. The van der Waals surface area contributed by atoms with E-state index >= 15 is 0 Å². The van der Waals surface area contributed by atoms with Crippen LogP contribution in [0.4, 0.5) is 10.1 Å². The summed E-state index contributed by atoms with van der Waals surface area (Å²) in [6.45, 7) is 6.35. The van der Waals surface area contributed by atoms with Gasteiger partial charge in [0.15, 0.2) is 0 Å². The number of hydrogen-bond donors (Lipinski definition) is 1. The second-order valence-electron chi connectivity index (χ2n) is 9.17. The maximum atomic E-state index is 13.4. The number of fused-ring (bicyclic) bond motifs is 1. The summed E-state index contributed by atoms with van der Waals surface area (Å²) in [6.07, 6.45) is -0.0361. The number of amides is 3. The van der Waals surface area contributed by atoms with E-state index in [4.69, 9.17) is 9.47 Å². The third-order valence-corrected chi connectivity index (χ3v) is 6.40. The van der Waals surface area contributed by atoms with Gasteiger partial charge in [-0.05, 0) is 49.4 Å². The van der Waals surface area contributed by atoms with Gasteiger partial charge in [0, 0.05) is 50.8 Å². The third kappa shape index (κ3) is 6.40. The van der Waals surface area contributed by atoms with Crippen LogP contribution in [-0.2, 0) is 9.53 Å². The number of likely N-dealkylation sites (N-methyl/N-ethyl adjacent to an activating group) is 1. The number of ether oxygens (including phenoxy) is 2. The quantitative estimate of drug-likeness (QED) is 0.691. The molecule has 194 valence electrons. The van der Waals surface area contributed by atoms with Crippen LogP contribution in [0.25, 0.3) is 0 Å². The van der Waals surface area contributed by atoms with E-state index in [1.807, 2.05) is 13.8 Å². The highest BCUT2D eigenvalue weighted by Gasteiger charge is 2.31. The van der Waals surface area contributed by atoms with Crippen LogP contribution in [0.3, 0.4) is 0 Å². The number of nitrogens with one attached hydrogen (secondary N) is 1. The number of benzene rings is 2. The summed E-state index contributed by atoms with van der Waals surface area (Å²) in [4.78, 5) is 41.9. The van der Waals surface area contributed by atoms with E-state index in [0.29, 0.717) is 35.5 Å². The van der Waals surface area contributed by atoms with Gasteiger partial charge in [-0.25, -0.2) is 4.39 Å². The van der Waals surface area contributed by atoms with Crippen LogP contribution < -0.4 is 10.1 Å². The van der Waals surface area contributed by atoms with E-state index in [9.17, 15) is 18.8 Å². The number of hydrogen-bond acceptors (Lipinski definition) is 5. The Morgan fingerprint density at radius 3 is 2.47 bits per heavy atom. The van der Waals surface area contributed by atoms with Gasteiger partial charge in [0.25, 0.3) is 11.8 Å². The summed E-state index contributed by atoms with van der Waals surface area (Å²) in [7, 11) is 3.26. The van der Waals surface area contributed by atoms with Crippen LogP contribution in [0.15, 0.2) is 42.5 Å². The van der Waals surface area contributed by atoms with E-state index in [1.165, 1.54) is 24.3 Å². The first-order chi connectivity index (χ1) is 17.1. The zero-order valence-corrected chi connectivity index (χ0v) is 21.4. The highest BCUT2D eigenvalue weighted by atomic mass is 19.1. The monoisotopic (exact) mass is 499 g/mol. The lowest BCUT2D eigenvalue weighted by molar-refractivity contribution is -0.115. The van der Waals surface area contributed by atoms with Gasteiger partial charge in [0.2, 0.25) is 5.91 Å². The fourth-order valence-electron chi connectivity index (χ4n) is 4.14. The molecule has 0 saturated heterocycles. The van der Waals surface area contributed by atoms with E-state index in [0.717, 1.165) is 0 Å². The van der Waals surface area contributed by atoms with Gasteiger partial charge < -0.3 is 24.6 Å². The summed E-state index contributed by atoms with van der Waals surface area (Å²) < 4.78 is 25.2. The number of methoxy groups -OCH3 is 1. The van der Waals surface area contributed by atoms with Gasteiger partial charge in [-0.2, -0.15) is 0 Å². The normalized spacial score (nSPS) is 21.1. The molecule has 1 heterocycles. The molecule has 0 unspecified atom stereocenters. The first-order valence-electron chi connectivity index (χ1n) is 12.1. The second kappa shape index (κ2) is 12.0. The molecule has 2 aromatic carbocycles. The Bertz CT molecular complexity index is 1090. The predicted molar refractivity (Wildman–Crippen MR) is 135 cm³/mol. The molecule has 1 aliphatic heterocycles. The van der Waals surface area contributed by atoms with Crippen molar-refractivity contribution in [2.75, 3.05) is 39.2 Å². The lowest BCUT2D eigenvalue weighted by atomic mass is 10.0. The summed E-state index contributed by atoms with van der Waals surface area (Å²) in [5.74, 6) is -0.854. The molecule has 3 amide bonds. The van der Waals surface area contributed by atoms with Crippen LogP contribution >= 0.6 is 0 Å². The van der Waals surface area contributed by atoms with E-state index < -0.39 is 5.82 Å². The number of rotatable bonds is 4. The summed E-state index contributed by atoms with van der Waals surface area (Å²) >= 11 is 0. The summed E-state index contributed by atoms with van der Waals surface area (Å²) in [6, 6.07) is 10.0. The molecule has 0 aliphatic carbocycles. The summed E-state index contributed by atoms with van der Waals surface area (Å²) in [5, 5.41) is 2.77. The van der Waals surface area contributed by atoms with Gasteiger partial charge >= 0.3 is 0 Å². The number of nitrogens with zero attached hydrogens (tertiary/aromatic N) is 2. The number of anilines is 1. The molecule has 0 radical (unpaired) electrons. The van der Waals surface area contributed by atoms with Crippen LogP contribution in [0.2, 0.25) is 0 Å². The van der Waals surface area contributed by atoms with Crippen molar-refractivity contribution in [1.29, 1.82) is 0 Å². The molecule has 9 heteroatoms. The van der Waals surface area contributed by atoms with Gasteiger partial charge in [-0.3, -0.25) is 14.4 Å². The maximum absolute atomic E-state index is 13.4. The molecule has 0 aromatic heterocycles. The third-order valence-electron chi connectivity index (χ3n) is 6.40. The molecule has 3 rings (SSSR count). The van der Waals surface area contributed by atoms with Crippen molar-refractivity contribution in [1.82, 2.24) is 9.80 Å². The predicted octanol–water partition coefficient (Wildman–Crippen LogP) is 3.82. The minimum absolute atomic E-state index is 0.119. The van der Waals surface area contributed by atoms with Gasteiger partial charge in [0.05, 0.1) is 17.7 Å². The molecule has 36 heavy (non-hydrogen) atoms. The lowest BCUT2D eigenvalue weighted by Gasteiger charge is -2.36. The molecule has 3 atom stereocenters. The smallest absolute Gasteiger partial charge is 0.257 e. The molecule has 1 N–H and O–H groups in total. The molecule has 0 bridgehead atoms. The van der Waals surface area contributed by atoms with Crippen LogP contribution in [0.5, 0.6) is 5.75 Å². The van der Waals surface area contributed by atoms with Crippen molar-refractivity contribution in [2.45, 2.75) is 39.3 Å². The van der Waals surface area contributed by atoms with Crippen molar-refractivity contribution < 1.29 is 28.2 Å². The van der Waals surface area contributed by atoms with Gasteiger partial charge in [-0.1, -0.05) is 13.8 Å².